The number of aldehydes is 1. The number of likely N-dealkylation sites (tertiary alicyclic amines) is 1. The van der Waals surface area contributed by atoms with Crippen molar-refractivity contribution in [1.29, 1.82) is 0 Å². The largest absolute Gasteiger partial charge is 0.486 e. The molecule has 2 aliphatic rings. The van der Waals surface area contributed by atoms with Crippen molar-refractivity contribution < 1.29 is 23.8 Å². The average Bonchev–Trinajstić information content (AvgIpc) is 3.14. The topological polar surface area (TPSA) is 112 Å². The van der Waals surface area contributed by atoms with E-state index in [1.165, 1.54) is 10.6 Å². The number of amides is 1. The van der Waals surface area contributed by atoms with Crippen molar-refractivity contribution in [1.82, 2.24) is 18.9 Å². The summed E-state index contributed by atoms with van der Waals surface area (Å²) >= 11 is 12.0. The van der Waals surface area contributed by atoms with Gasteiger partial charge in [-0.15, -0.1) is 0 Å². The molecule has 284 valence electrons. The molecule has 2 aromatic heterocycles. The summed E-state index contributed by atoms with van der Waals surface area (Å²) in [6.45, 7) is 10.2. The number of pyridine rings is 2. The van der Waals surface area contributed by atoms with Crippen molar-refractivity contribution in [2.75, 3.05) is 32.8 Å². The normalized spacial score (nSPS) is 14.7. The first-order valence-corrected chi connectivity index (χ1v) is 18.8. The van der Waals surface area contributed by atoms with Gasteiger partial charge in [0.2, 0.25) is 0 Å². The summed E-state index contributed by atoms with van der Waals surface area (Å²) in [5.41, 5.74) is 1.80. The van der Waals surface area contributed by atoms with Crippen LogP contribution in [-0.4, -0.2) is 75.8 Å². The van der Waals surface area contributed by atoms with Gasteiger partial charge in [-0.2, -0.15) is 0 Å². The highest BCUT2D eigenvalue weighted by atomic mass is 35.5. The number of carbonyl (C=O) groups excluding carboxylic acids is 2. The zero-order valence-electron chi connectivity index (χ0n) is 30.6. The van der Waals surface area contributed by atoms with Gasteiger partial charge >= 0.3 is 6.09 Å². The van der Waals surface area contributed by atoms with E-state index in [4.69, 9.17) is 37.4 Å². The number of fused-ring (bicyclic) bond motifs is 3. The number of benzene rings is 3. The monoisotopic (exact) mass is 774 g/mol. The molecular formula is C41H44Cl2N4O7. The second-order valence-corrected chi connectivity index (χ2v) is 15.2. The number of nitrogens with zero attached hydrogens (tertiary/aromatic N) is 4. The minimum Gasteiger partial charge on any atom is -0.486 e. The first-order chi connectivity index (χ1) is 25.9. The molecule has 13 heteroatoms. The highest BCUT2D eigenvalue weighted by Crippen LogP contribution is 2.32. The van der Waals surface area contributed by atoms with E-state index >= 15 is 0 Å². The molecule has 0 unspecified atom stereocenters. The Labute approximate surface area is 323 Å². The molecule has 0 aliphatic carbocycles. The Bertz CT molecular complexity index is 2260. The van der Waals surface area contributed by atoms with E-state index in [9.17, 15) is 19.2 Å². The standard InChI is InChI=1S/C30H36ClN3O5.C11H8ClNO2/c1-30(2,3)39-29(36)34(20-21-4-8-26-27(18-21)38-17-16-37-26)24-10-12-32(13-11-24)14-15-33-25-7-6-23(31)19-22(25)5-9-28(33)35;12-9-2-3-10-8(7-9)1-4-11(15)13(10)5-6-14/h4-9,18-19,24H,10-17,20H2,1-3H3;1-4,6-7H,5H2. The number of hydrogen-bond donors (Lipinski definition) is 0. The Morgan fingerprint density at radius 3 is 2.00 bits per heavy atom. The summed E-state index contributed by atoms with van der Waals surface area (Å²) in [5.74, 6) is 1.44. The van der Waals surface area contributed by atoms with Gasteiger partial charge in [0.15, 0.2) is 11.5 Å². The zero-order chi connectivity index (χ0) is 38.4. The fourth-order valence-corrected chi connectivity index (χ4v) is 7.15. The van der Waals surface area contributed by atoms with Crippen molar-refractivity contribution in [3.63, 3.8) is 0 Å². The SMILES string of the molecule is CC(C)(C)OC(=O)N(Cc1ccc2c(c1)OCCO2)C1CCN(CCn2c(=O)ccc3cc(Cl)ccc32)CC1.O=CCn1c(=O)ccc2cc(Cl)ccc21. The van der Waals surface area contributed by atoms with Gasteiger partial charge in [0, 0.05) is 60.9 Å². The van der Waals surface area contributed by atoms with Gasteiger partial charge in [-0.25, -0.2) is 4.79 Å². The van der Waals surface area contributed by atoms with Gasteiger partial charge in [0.05, 0.1) is 17.6 Å². The lowest BCUT2D eigenvalue weighted by Gasteiger charge is -2.39. The molecule has 11 nitrogen and oxygen atoms in total. The van der Waals surface area contributed by atoms with Crippen LogP contribution in [0.1, 0.15) is 39.2 Å². The summed E-state index contributed by atoms with van der Waals surface area (Å²) in [7, 11) is 0. The van der Waals surface area contributed by atoms with Crippen LogP contribution in [0.25, 0.3) is 21.8 Å². The van der Waals surface area contributed by atoms with Crippen LogP contribution in [0.4, 0.5) is 4.79 Å². The van der Waals surface area contributed by atoms with E-state index in [1.807, 2.05) is 72.7 Å². The molecule has 7 rings (SSSR count). The lowest BCUT2D eigenvalue weighted by Crippen LogP contribution is -2.49. The van der Waals surface area contributed by atoms with E-state index in [0.717, 1.165) is 65.6 Å². The predicted octanol–water partition coefficient (Wildman–Crippen LogP) is 7.18. The minimum atomic E-state index is -0.585. The second-order valence-electron chi connectivity index (χ2n) is 14.3. The number of rotatable bonds is 8. The van der Waals surface area contributed by atoms with Gasteiger partial charge < -0.3 is 37.9 Å². The summed E-state index contributed by atoms with van der Waals surface area (Å²) in [5, 5.41) is 3.07. The molecule has 0 atom stereocenters. The maximum atomic E-state index is 13.3. The molecule has 0 spiro atoms. The number of hydrogen-bond acceptors (Lipinski definition) is 8. The predicted molar refractivity (Wildman–Crippen MR) is 211 cm³/mol. The van der Waals surface area contributed by atoms with Crippen molar-refractivity contribution in [2.45, 2.75) is 64.9 Å². The van der Waals surface area contributed by atoms with E-state index in [1.54, 1.807) is 30.3 Å². The highest BCUT2D eigenvalue weighted by molar-refractivity contribution is 6.31. The number of ether oxygens (including phenoxy) is 3. The Kier molecular flexibility index (Phi) is 12.3. The third-order valence-electron chi connectivity index (χ3n) is 9.39. The quantitative estimate of drug-likeness (QED) is 0.153. The van der Waals surface area contributed by atoms with E-state index < -0.39 is 5.60 Å². The van der Waals surface area contributed by atoms with Crippen LogP contribution in [0.3, 0.4) is 0 Å². The molecule has 4 heterocycles. The second kappa shape index (κ2) is 17.1. The Hall–Kier alpha value is -4.84. The number of carbonyl (C=O) groups is 2. The molecule has 1 amide bonds. The van der Waals surface area contributed by atoms with E-state index in [0.29, 0.717) is 48.4 Å². The fourth-order valence-electron chi connectivity index (χ4n) is 6.78. The third-order valence-corrected chi connectivity index (χ3v) is 9.86. The Morgan fingerprint density at radius 1 is 0.796 bits per heavy atom. The maximum absolute atomic E-state index is 13.3. The smallest absolute Gasteiger partial charge is 0.410 e. The van der Waals surface area contributed by atoms with Crippen molar-refractivity contribution in [2.24, 2.45) is 0 Å². The molecule has 1 saturated heterocycles. The zero-order valence-corrected chi connectivity index (χ0v) is 32.1. The summed E-state index contributed by atoms with van der Waals surface area (Å²) in [4.78, 5) is 52.1. The minimum absolute atomic E-state index is 0.0183. The lowest BCUT2D eigenvalue weighted by atomic mass is 10.0. The molecule has 0 bridgehead atoms. The van der Waals surface area contributed by atoms with Gasteiger partial charge in [0.1, 0.15) is 25.1 Å². The van der Waals surface area contributed by atoms with Crippen LogP contribution < -0.4 is 20.6 Å². The lowest BCUT2D eigenvalue weighted by molar-refractivity contribution is -0.108. The molecule has 2 aliphatic heterocycles. The molecule has 54 heavy (non-hydrogen) atoms. The van der Waals surface area contributed by atoms with Crippen LogP contribution in [0.15, 0.2) is 88.5 Å². The summed E-state index contributed by atoms with van der Waals surface area (Å²) in [6.07, 6.45) is 2.04. The maximum Gasteiger partial charge on any atom is 0.410 e. The van der Waals surface area contributed by atoms with Crippen molar-refractivity contribution in [3.05, 3.63) is 115 Å². The molecule has 5 aromatic rings. The number of piperidine rings is 1. The van der Waals surface area contributed by atoms with Crippen LogP contribution in [-0.2, 0) is 29.2 Å². The first-order valence-electron chi connectivity index (χ1n) is 18.0. The molecule has 0 radical (unpaired) electrons. The van der Waals surface area contributed by atoms with Crippen LogP contribution >= 0.6 is 23.2 Å². The number of halogens is 2. The fraction of sp³-hybridized carbons (Fsp3) is 0.366. The Balaban J connectivity index is 0.000000276. The Morgan fingerprint density at radius 2 is 1.39 bits per heavy atom. The van der Waals surface area contributed by atoms with Crippen LogP contribution in [0.2, 0.25) is 10.0 Å². The van der Waals surface area contributed by atoms with Crippen molar-refractivity contribution >= 4 is 57.4 Å². The van der Waals surface area contributed by atoms with Gasteiger partial charge in [0.25, 0.3) is 11.1 Å². The molecular weight excluding hydrogens is 731 g/mol. The summed E-state index contributed by atoms with van der Waals surface area (Å²) < 4.78 is 20.4. The van der Waals surface area contributed by atoms with Crippen LogP contribution in [0, 0.1) is 0 Å². The number of aromatic nitrogens is 2. The first kappa shape index (κ1) is 38.9. The highest BCUT2D eigenvalue weighted by Gasteiger charge is 2.31. The molecule has 0 saturated carbocycles. The van der Waals surface area contributed by atoms with E-state index in [-0.39, 0.29) is 29.8 Å². The van der Waals surface area contributed by atoms with Gasteiger partial charge in [-0.3, -0.25) is 9.59 Å². The van der Waals surface area contributed by atoms with Gasteiger partial charge in [-0.05, 0) is 111 Å². The van der Waals surface area contributed by atoms with Crippen LogP contribution in [0.5, 0.6) is 11.5 Å². The molecule has 1 fully saturated rings. The van der Waals surface area contributed by atoms with E-state index in [2.05, 4.69) is 4.90 Å². The summed E-state index contributed by atoms with van der Waals surface area (Å²) in [6, 6.07) is 23.2. The van der Waals surface area contributed by atoms with Gasteiger partial charge in [-0.1, -0.05) is 29.3 Å². The average molecular weight is 776 g/mol. The van der Waals surface area contributed by atoms with Crippen molar-refractivity contribution in [3.8, 4) is 11.5 Å². The third kappa shape index (κ3) is 9.63. The molecule has 3 aromatic carbocycles. The molecule has 0 N–H and O–H groups in total.